The normalized spacial score (nSPS) is 13.1. The summed E-state index contributed by atoms with van der Waals surface area (Å²) in [5, 5.41) is 2.22. The minimum absolute atomic E-state index is 0.210. The minimum atomic E-state index is -2.39. The Bertz CT molecular complexity index is 1350. The van der Waals surface area contributed by atoms with Gasteiger partial charge in [-0.1, -0.05) is 84.9 Å². The molecule has 0 fully saturated rings. The predicted octanol–water partition coefficient (Wildman–Crippen LogP) is 5.44. The van der Waals surface area contributed by atoms with Crippen LogP contribution in [0.4, 0.5) is 0 Å². The van der Waals surface area contributed by atoms with E-state index >= 15 is 0 Å². The second-order valence-electron chi connectivity index (χ2n) is 9.97. The monoisotopic (exact) mass is 508 g/mol. The highest BCUT2D eigenvalue weighted by atomic mass is 28.4. The molecule has 180 valence electrons. The summed E-state index contributed by atoms with van der Waals surface area (Å²) in [7, 11) is -4.77. The maximum absolute atomic E-state index is 13.8. The molecular formula is C30H28O4Si2. The first-order valence-electron chi connectivity index (χ1n) is 12.0. The lowest BCUT2D eigenvalue weighted by molar-refractivity contribution is 0.0976. The van der Waals surface area contributed by atoms with E-state index in [-0.39, 0.29) is 11.6 Å². The van der Waals surface area contributed by atoms with Gasteiger partial charge in [-0.25, -0.2) is 0 Å². The van der Waals surface area contributed by atoms with Crippen LogP contribution in [0.5, 0.6) is 11.5 Å². The molecule has 36 heavy (non-hydrogen) atoms. The van der Waals surface area contributed by atoms with Gasteiger partial charge < -0.3 is 8.85 Å². The second-order valence-corrected chi connectivity index (χ2v) is 17.6. The third-order valence-corrected chi connectivity index (χ3v) is 11.6. The topological polar surface area (TPSA) is 52.6 Å². The van der Waals surface area contributed by atoms with Crippen LogP contribution < -0.4 is 19.2 Å². The van der Waals surface area contributed by atoms with E-state index in [1.54, 1.807) is 36.4 Å². The van der Waals surface area contributed by atoms with E-state index in [2.05, 4.69) is 26.2 Å². The fraction of sp³-hybridized carbons (Fsp3) is 0.133. The molecular weight excluding hydrogens is 480 g/mol. The van der Waals surface area contributed by atoms with E-state index in [4.69, 9.17) is 8.85 Å². The molecule has 1 aliphatic rings. The number of fused-ring (bicyclic) bond motifs is 2. The first-order chi connectivity index (χ1) is 17.2. The van der Waals surface area contributed by atoms with Crippen molar-refractivity contribution in [3.8, 4) is 11.5 Å². The van der Waals surface area contributed by atoms with Crippen molar-refractivity contribution in [2.45, 2.75) is 26.2 Å². The van der Waals surface area contributed by atoms with E-state index in [0.717, 1.165) is 10.4 Å². The number of rotatable bonds is 6. The van der Waals surface area contributed by atoms with E-state index in [1.807, 2.05) is 60.7 Å². The van der Waals surface area contributed by atoms with Crippen molar-refractivity contribution in [3.63, 3.8) is 0 Å². The van der Waals surface area contributed by atoms with Crippen LogP contribution in [0.25, 0.3) is 0 Å². The summed E-state index contributed by atoms with van der Waals surface area (Å²) >= 11 is 0. The number of carbonyl (C=O) groups is 2. The summed E-state index contributed by atoms with van der Waals surface area (Å²) < 4.78 is 13.1. The Hall–Kier alpha value is -3.75. The van der Waals surface area contributed by atoms with Crippen LogP contribution in [0.2, 0.25) is 26.2 Å². The van der Waals surface area contributed by atoms with Crippen molar-refractivity contribution >= 4 is 38.6 Å². The molecule has 5 rings (SSSR count). The quantitative estimate of drug-likeness (QED) is 0.287. The van der Waals surface area contributed by atoms with Gasteiger partial charge in [0.1, 0.15) is 11.5 Å². The zero-order valence-corrected chi connectivity index (χ0v) is 22.9. The van der Waals surface area contributed by atoms with Crippen LogP contribution in [-0.4, -0.2) is 28.2 Å². The molecule has 0 bridgehead atoms. The second kappa shape index (κ2) is 9.04. The third-order valence-electron chi connectivity index (χ3n) is 6.66. The Morgan fingerprint density at radius 2 is 0.833 bits per heavy atom. The van der Waals surface area contributed by atoms with Gasteiger partial charge >= 0.3 is 0 Å². The van der Waals surface area contributed by atoms with Crippen LogP contribution >= 0.6 is 0 Å². The number of hydrogen-bond acceptors (Lipinski definition) is 4. The Morgan fingerprint density at radius 1 is 0.472 bits per heavy atom. The summed E-state index contributed by atoms with van der Waals surface area (Å²) in [6.07, 6.45) is 0. The van der Waals surface area contributed by atoms with Gasteiger partial charge in [-0.3, -0.25) is 9.59 Å². The Morgan fingerprint density at radius 3 is 1.19 bits per heavy atom. The molecule has 6 heteroatoms. The fourth-order valence-corrected chi connectivity index (χ4v) is 8.36. The molecule has 1 aliphatic carbocycles. The Balaban J connectivity index is 1.55. The molecule has 4 nitrogen and oxygen atoms in total. The number of ketones is 2. The van der Waals surface area contributed by atoms with Gasteiger partial charge in [0.25, 0.3) is 16.6 Å². The van der Waals surface area contributed by atoms with Crippen LogP contribution in [0.3, 0.4) is 0 Å². The van der Waals surface area contributed by atoms with E-state index in [9.17, 15) is 9.59 Å². The first-order valence-corrected chi connectivity index (χ1v) is 17.9. The standard InChI is InChI=1S/C30H28O4Si2/c1-35(2,21-13-7-5-8-14-21)33-25-19-11-17-23-27(25)29(31)24-18-12-20-26(28(24)30(23)32)34-36(3,4)22-15-9-6-10-16-22/h5-20H,1-4H3. The lowest BCUT2D eigenvalue weighted by Crippen LogP contribution is -2.48. The molecule has 0 spiro atoms. The third kappa shape index (κ3) is 4.23. The van der Waals surface area contributed by atoms with Crippen molar-refractivity contribution < 1.29 is 18.4 Å². The maximum Gasteiger partial charge on any atom is 0.276 e. The van der Waals surface area contributed by atoms with Crippen molar-refractivity contribution in [2.24, 2.45) is 0 Å². The average molecular weight is 509 g/mol. The molecule has 0 aromatic heterocycles. The highest BCUT2D eigenvalue weighted by molar-refractivity contribution is 6.85. The molecule has 0 heterocycles. The van der Waals surface area contributed by atoms with Gasteiger partial charge in [-0.2, -0.15) is 0 Å². The zero-order chi connectivity index (χ0) is 25.5. The van der Waals surface area contributed by atoms with E-state index in [0.29, 0.717) is 33.8 Å². The molecule has 0 amide bonds. The van der Waals surface area contributed by atoms with Crippen LogP contribution in [-0.2, 0) is 0 Å². The summed E-state index contributed by atoms with van der Waals surface area (Å²) in [4.78, 5) is 27.6. The first kappa shape index (κ1) is 24.0. The Labute approximate surface area is 213 Å². The molecule has 0 aliphatic heterocycles. The van der Waals surface area contributed by atoms with Crippen molar-refractivity contribution in [1.82, 2.24) is 0 Å². The SMILES string of the molecule is C[Si](C)(Oc1cccc2c1C(=O)c1cccc(O[Si](C)(C)c3ccccc3)c1C2=O)c1ccccc1. The Kier molecular flexibility index (Phi) is 6.02. The average Bonchev–Trinajstić information content (AvgIpc) is 2.88. The molecule has 0 saturated carbocycles. The molecule has 0 N–H and O–H groups in total. The smallest absolute Gasteiger partial charge is 0.276 e. The summed E-state index contributed by atoms with van der Waals surface area (Å²) in [5.74, 6) is 0.500. The molecule has 0 unspecified atom stereocenters. The lowest BCUT2D eigenvalue weighted by atomic mass is 9.83. The van der Waals surface area contributed by atoms with Crippen LogP contribution in [0, 0.1) is 0 Å². The van der Waals surface area contributed by atoms with Gasteiger partial charge in [0.2, 0.25) is 0 Å². The summed E-state index contributed by atoms with van der Waals surface area (Å²) in [6, 6.07) is 30.6. The van der Waals surface area contributed by atoms with E-state index in [1.165, 1.54) is 0 Å². The van der Waals surface area contributed by atoms with Gasteiger partial charge in [0, 0.05) is 11.1 Å². The van der Waals surface area contributed by atoms with Crippen molar-refractivity contribution in [3.05, 3.63) is 119 Å². The molecule has 0 atom stereocenters. The highest BCUT2D eigenvalue weighted by Crippen LogP contribution is 2.38. The van der Waals surface area contributed by atoms with Crippen LogP contribution in [0.15, 0.2) is 97.1 Å². The number of carbonyl (C=O) groups excluding carboxylic acids is 2. The number of hydrogen-bond donors (Lipinski definition) is 0. The van der Waals surface area contributed by atoms with Gasteiger partial charge in [0.15, 0.2) is 11.6 Å². The van der Waals surface area contributed by atoms with Crippen molar-refractivity contribution in [2.75, 3.05) is 0 Å². The van der Waals surface area contributed by atoms with Gasteiger partial charge in [-0.05, 0) is 48.7 Å². The largest absolute Gasteiger partial charge is 0.539 e. The lowest BCUT2D eigenvalue weighted by Gasteiger charge is -2.30. The van der Waals surface area contributed by atoms with Gasteiger partial charge in [-0.15, -0.1) is 0 Å². The van der Waals surface area contributed by atoms with Crippen molar-refractivity contribution in [1.29, 1.82) is 0 Å². The van der Waals surface area contributed by atoms with E-state index < -0.39 is 16.6 Å². The number of benzene rings is 4. The zero-order valence-electron chi connectivity index (χ0n) is 20.9. The molecule has 4 aromatic rings. The highest BCUT2D eigenvalue weighted by Gasteiger charge is 2.38. The molecule has 0 radical (unpaired) electrons. The minimum Gasteiger partial charge on any atom is -0.539 e. The predicted molar refractivity (Wildman–Crippen MR) is 148 cm³/mol. The fourth-order valence-electron chi connectivity index (χ4n) is 4.70. The summed E-state index contributed by atoms with van der Waals surface area (Å²) in [5.41, 5.74) is 1.39. The maximum atomic E-state index is 13.8. The van der Waals surface area contributed by atoms with Crippen LogP contribution in [0.1, 0.15) is 31.8 Å². The molecule has 0 saturated heterocycles. The molecule has 4 aromatic carbocycles. The van der Waals surface area contributed by atoms with Gasteiger partial charge in [0.05, 0.1) is 11.1 Å². The summed E-state index contributed by atoms with van der Waals surface area (Å²) in [6.45, 7) is 8.36.